The van der Waals surface area contributed by atoms with Crippen LogP contribution in [0, 0.1) is 17.4 Å². The van der Waals surface area contributed by atoms with Gasteiger partial charge in [0, 0.05) is 9.26 Å². The molecule has 0 unspecified atom stereocenters. The molecule has 24 heavy (non-hydrogen) atoms. The van der Waals surface area contributed by atoms with Gasteiger partial charge in [-0.15, -0.1) is 0 Å². The van der Waals surface area contributed by atoms with Crippen LogP contribution in [-0.2, 0) is 0 Å². The standard InChI is InChI=1S/C18H17IN4O/c1-12-3-7-15(8-4-12)21-20-11-17-13(2)22-23(18(17)24)16-9-5-14(19)6-10-16/h3-11,21-22H,1-2H3. The summed E-state index contributed by atoms with van der Waals surface area (Å²) in [5, 5.41) is 7.26. The number of hydrogen-bond acceptors (Lipinski definition) is 3. The van der Waals surface area contributed by atoms with Crippen molar-refractivity contribution in [2.45, 2.75) is 13.8 Å². The van der Waals surface area contributed by atoms with E-state index in [1.165, 1.54) is 10.2 Å². The van der Waals surface area contributed by atoms with Gasteiger partial charge in [-0.05, 0) is 72.8 Å². The monoisotopic (exact) mass is 432 g/mol. The van der Waals surface area contributed by atoms with Crippen LogP contribution in [0.2, 0.25) is 0 Å². The molecular weight excluding hydrogens is 415 g/mol. The van der Waals surface area contributed by atoms with Gasteiger partial charge in [-0.1, -0.05) is 17.7 Å². The van der Waals surface area contributed by atoms with Crippen LogP contribution in [0.1, 0.15) is 16.8 Å². The molecule has 0 fully saturated rings. The lowest BCUT2D eigenvalue weighted by molar-refractivity contribution is 0.835. The summed E-state index contributed by atoms with van der Waals surface area (Å²) in [5.41, 5.74) is 6.99. The molecule has 2 aromatic carbocycles. The van der Waals surface area contributed by atoms with Crippen LogP contribution < -0.4 is 11.0 Å². The third-order valence-electron chi connectivity index (χ3n) is 3.64. The quantitative estimate of drug-likeness (QED) is 0.374. The molecule has 0 amide bonds. The Kier molecular flexibility index (Phi) is 4.84. The molecule has 0 saturated carbocycles. The fourth-order valence-corrected chi connectivity index (χ4v) is 2.64. The molecule has 1 heterocycles. The fourth-order valence-electron chi connectivity index (χ4n) is 2.28. The maximum Gasteiger partial charge on any atom is 0.280 e. The fraction of sp³-hybridized carbons (Fsp3) is 0.111. The molecular formula is C18H17IN4O. The summed E-state index contributed by atoms with van der Waals surface area (Å²) >= 11 is 2.24. The molecule has 0 saturated heterocycles. The van der Waals surface area contributed by atoms with Crippen molar-refractivity contribution in [3.63, 3.8) is 0 Å². The zero-order chi connectivity index (χ0) is 17.1. The van der Waals surface area contributed by atoms with E-state index in [9.17, 15) is 4.79 Å². The van der Waals surface area contributed by atoms with Crippen LogP contribution >= 0.6 is 22.6 Å². The highest BCUT2D eigenvalue weighted by atomic mass is 127. The number of hydrazone groups is 1. The molecule has 0 bridgehead atoms. The largest absolute Gasteiger partial charge is 0.295 e. The molecule has 0 aliphatic heterocycles. The van der Waals surface area contributed by atoms with Gasteiger partial charge in [0.1, 0.15) is 0 Å². The highest BCUT2D eigenvalue weighted by Crippen LogP contribution is 2.11. The van der Waals surface area contributed by atoms with Gasteiger partial charge in [0.2, 0.25) is 0 Å². The number of H-pyrrole nitrogens is 1. The Hall–Kier alpha value is -2.35. The number of halogens is 1. The first kappa shape index (κ1) is 16.5. The SMILES string of the molecule is Cc1ccc(NN=Cc2c(C)[nH]n(-c3ccc(I)cc3)c2=O)cc1. The number of benzene rings is 2. The van der Waals surface area contributed by atoms with E-state index in [2.05, 4.69) is 38.2 Å². The molecule has 0 radical (unpaired) electrons. The lowest BCUT2D eigenvalue weighted by Gasteiger charge is -2.00. The van der Waals surface area contributed by atoms with E-state index in [4.69, 9.17) is 0 Å². The first-order chi connectivity index (χ1) is 11.5. The van der Waals surface area contributed by atoms with Crippen molar-refractivity contribution in [3.8, 4) is 5.69 Å². The zero-order valence-corrected chi connectivity index (χ0v) is 15.5. The normalized spacial score (nSPS) is 11.1. The average Bonchev–Trinajstić information content (AvgIpc) is 2.85. The first-order valence-corrected chi connectivity index (χ1v) is 8.56. The molecule has 1 aromatic heterocycles. The Morgan fingerprint density at radius 3 is 2.42 bits per heavy atom. The van der Waals surface area contributed by atoms with Gasteiger partial charge in [0.15, 0.2) is 0 Å². The summed E-state index contributed by atoms with van der Waals surface area (Å²) in [7, 11) is 0. The molecule has 3 rings (SSSR count). The summed E-state index contributed by atoms with van der Waals surface area (Å²) in [4.78, 5) is 12.6. The van der Waals surface area contributed by atoms with E-state index >= 15 is 0 Å². The Morgan fingerprint density at radius 1 is 1.08 bits per heavy atom. The van der Waals surface area contributed by atoms with E-state index in [-0.39, 0.29) is 5.56 Å². The number of aromatic nitrogens is 2. The molecule has 122 valence electrons. The number of aryl methyl sites for hydroxylation is 2. The van der Waals surface area contributed by atoms with Crippen LogP contribution in [0.5, 0.6) is 0 Å². The predicted molar refractivity (Wildman–Crippen MR) is 106 cm³/mol. The minimum atomic E-state index is -0.122. The Labute approximate surface area is 153 Å². The Bertz CT molecular complexity index is 921. The molecule has 0 atom stereocenters. The van der Waals surface area contributed by atoms with Crippen molar-refractivity contribution in [2.75, 3.05) is 5.43 Å². The van der Waals surface area contributed by atoms with Crippen molar-refractivity contribution >= 4 is 34.5 Å². The molecule has 3 aromatic rings. The van der Waals surface area contributed by atoms with E-state index in [1.54, 1.807) is 6.21 Å². The van der Waals surface area contributed by atoms with E-state index in [1.807, 2.05) is 62.4 Å². The number of nitrogens with zero attached hydrogens (tertiary/aromatic N) is 2. The van der Waals surface area contributed by atoms with Crippen LogP contribution in [-0.4, -0.2) is 16.0 Å². The highest BCUT2D eigenvalue weighted by Gasteiger charge is 2.10. The summed E-state index contributed by atoms with van der Waals surface area (Å²) in [6, 6.07) is 15.6. The molecule has 6 heteroatoms. The zero-order valence-electron chi connectivity index (χ0n) is 13.4. The van der Waals surface area contributed by atoms with Crippen molar-refractivity contribution in [1.29, 1.82) is 0 Å². The molecule has 2 N–H and O–H groups in total. The Morgan fingerprint density at radius 2 is 1.75 bits per heavy atom. The second kappa shape index (κ2) is 7.04. The maximum atomic E-state index is 12.6. The van der Waals surface area contributed by atoms with Gasteiger partial charge in [-0.2, -0.15) is 5.10 Å². The van der Waals surface area contributed by atoms with E-state index in [0.29, 0.717) is 5.56 Å². The molecule has 0 aliphatic carbocycles. The smallest absolute Gasteiger partial charge is 0.280 e. The first-order valence-electron chi connectivity index (χ1n) is 7.48. The molecule has 5 nitrogen and oxygen atoms in total. The third kappa shape index (κ3) is 3.59. The topological polar surface area (TPSA) is 62.2 Å². The van der Waals surface area contributed by atoms with Crippen LogP contribution in [0.4, 0.5) is 5.69 Å². The number of aromatic amines is 1. The minimum Gasteiger partial charge on any atom is -0.295 e. The lowest BCUT2D eigenvalue weighted by atomic mass is 10.2. The molecule has 0 spiro atoms. The number of nitrogens with one attached hydrogen (secondary N) is 2. The number of hydrogen-bond donors (Lipinski definition) is 2. The summed E-state index contributed by atoms with van der Waals surface area (Å²) in [6.07, 6.45) is 1.55. The number of anilines is 1. The maximum absolute atomic E-state index is 12.6. The Balaban J connectivity index is 1.84. The molecule has 0 aliphatic rings. The predicted octanol–water partition coefficient (Wildman–Crippen LogP) is 3.83. The lowest BCUT2D eigenvalue weighted by Crippen LogP contribution is -2.17. The summed E-state index contributed by atoms with van der Waals surface area (Å²) < 4.78 is 2.65. The minimum absolute atomic E-state index is 0.122. The van der Waals surface area contributed by atoms with Gasteiger partial charge in [-0.3, -0.25) is 15.3 Å². The summed E-state index contributed by atoms with van der Waals surface area (Å²) in [6.45, 7) is 3.89. The van der Waals surface area contributed by atoms with Gasteiger partial charge in [0.05, 0.1) is 23.2 Å². The van der Waals surface area contributed by atoms with Gasteiger partial charge in [-0.25, -0.2) is 4.68 Å². The third-order valence-corrected chi connectivity index (χ3v) is 4.36. The van der Waals surface area contributed by atoms with Gasteiger partial charge < -0.3 is 0 Å². The van der Waals surface area contributed by atoms with Crippen LogP contribution in [0.3, 0.4) is 0 Å². The number of rotatable bonds is 4. The second-order valence-electron chi connectivity index (χ2n) is 5.50. The van der Waals surface area contributed by atoms with E-state index in [0.717, 1.165) is 20.6 Å². The second-order valence-corrected chi connectivity index (χ2v) is 6.75. The van der Waals surface area contributed by atoms with Crippen LogP contribution in [0.25, 0.3) is 5.69 Å². The van der Waals surface area contributed by atoms with Gasteiger partial charge in [0.25, 0.3) is 5.56 Å². The van der Waals surface area contributed by atoms with Crippen molar-refractivity contribution in [3.05, 3.63) is 79.3 Å². The van der Waals surface area contributed by atoms with Crippen molar-refractivity contribution < 1.29 is 0 Å². The summed E-state index contributed by atoms with van der Waals surface area (Å²) in [5.74, 6) is 0. The van der Waals surface area contributed by atoms with Gasteiger partial charge >= 0.3 is 0 Å². The van der Waals surface area contributed by atoms with E-state index < -0.39 is 0 Å². The van der Waals surface area contributed by atoms with Crippen molar-refractivity contribution in [2.24, 2.45) is 5.10 Å². The van der Waals surface area contributed by atoms with Crippen LogP contribution in [0.15, 0.2) is 58.4 Å². The highest BCUT2D eigenvalue weighted by molar-refractivity contribution is 14.1. The van der Waals surface area contributed by atoms with Crippen molar-refractivity contribution in [1.82, 2.24) is 9.78 Å². The average molecular weight is 432 g/mol.